The van der Waals surface area contributed by atoms with Gasteiger partial charge in [0.15, 0.2) is 0 Å². The topological polar surface area (TPSA) is 51.2 Å². The number of ether oxygens (including phenoxy) is 1. The number of alkyl carbamates (subject to hydrolysis) is 1. The fourth-order valence-electron chi connectivity index (χ4n) is 0.921. The molecular weight excluding hydrogens is 180 g/mol. The average Bonchev–Trinajstić information content (AvgIpc) is 2.15. The first-order valence-corrected chi connectivity index (χ1v) is 4.53. The number of carbonyl (C=O) groups excluding carboxylic acids is 1. The number of aromatic nitrogens is 1. The molecule has 0 aliphatic rings. The lowest BCUT2D eigenvalue weighted by Crippen LogP contribution is -2.26. The fourth-order valence-corrected chi connectivity index (χ4v) is 0.921. The van der Waals surface area contributed by atoms with Crippen molar-refractivity contribution in [2.45, 2.75) is 26.5 Å². The summed E-state index contributed by atoms with van der Waals surface area (Å²) in [7, 11) is 0. The zero-order valence-electron chi connectivity index (χ0n) is 8.36. The van der Waals surface area contributed by atoms with E-state index in [1.807, 2.05) is 18.2 Å². The third kappa shape index (κ3) is 3.89. The quantitative estimate of drug-likeness (QED) is 0.797. The minimum atomic E-state index is -0.411. The smallest absolute Gasteiger partial charge is 0.407 e. The highest BCUT2D eigenvalue weighted by Gasteiger charge is 2.03. The van der Waals surface area contributed by atoms with E-state index in [0.29, 0.717) is 6.54 Å². The van der Waals surface area contributed by atoms with Crippen molar-refractivity contribution >= 4 is 6.09 Å². The van der Waals surface area contributed by atoms with Crippen molar-refractivity contribution in [2.24, 2.45) is 0 Å². The molecule has 0 unspecified atom stereocenters. The van der Waals surface area contributed by atoms with Crippen LogP contribution >= 0.6 is 0 Å². The molecule has 0 aliphatic heterocycles. The molecule has 76 valence electrons. The first kappa shape index (κ1) is 10.5. The number of nitrogens with one attached hydrogen (secondary N) is 1. The third-order valence-corrected chi connectivity index (χ3v) is 1.48. The Morgan fingerprint density at radius 1 is 1.57 bits per heavy atom. The van der Waals surface area contributed by atoms with Gasteiger partial charge in [0.25, 0.3) is 0 Å². The predicted octanol–water partition coefficient (Wildman–Crippen LogP) is 1.72. The summed E-state index contributed by atoms with van der Waals surface area (Å²) in [5.41, 5.74) is 0.813. The largest absolute Gasteiger partial charge is 0.447 e. The maximum absolute atomic E-state index is 11.1. The van der Waals surface area contributed by atoms with Crippen molar-refractivity contribution in [2.75, 3.05) is 0 Å². The standard InChI is InChI=1S/C10H14N2O2/c1-8(2)14-10(13)12-7-9-5-3-4-6-11-9/h3-6,8H,7H2,1-2H3,(H,12,13). The molecule has 0 aromatic carbocycles. The van der Waals surface area contributed by atoms with Gasteiger partial charge in [-0.1, -0.05) is 6.07 Å². The van der Waals surface area contributed by atoms with E-state index in [1.165, 1.54) is 0 Å². The molecule has 0 saturated heterocycles. The lowest BCUT2D eigenvalue weighted by Gasteiger charge is -2.08. The van der Waals surface area contributed by atoms with Crippen molar-refractivity contribution in [3.8, 4) is 0 Å². The van der Waals surface area contributed by atoms with Crippen molar-refractivity contribution in [3.05, 3.63) is 30.1 Å². The van der Waals surface area contributed by atoms with Crippen LogP contribution in [0.15, 0.2) is 24.4 Å². The van der Waals surface area contributed by atoms with Crippen LogP contribution in [0.5, 0.6) is 0 Å². The Hall–Kier alpha value is -1.58. The third-order valence-electron chi connectivity index (χ3n) is 1.48. The van der Waals surface area contributed by atoms with Crippen LogP contribution < -0.4 is 5.32 Å². The Labute approximate surface area is 83.3 Å². The number of hydrogen-bond donors (Lipinski definition) is 1. The second kappa shape index (κ2) is 5.21. The van der Waals surface area contributed by atoms with Gasteiger partial charge in [0.05, 0.1) is 18.3 Å². The van der Waals surface area contributed by atoms with Crippen molar-refractivity contribution in [3.63, 3.8) is 0 Å². The van der Waals surface area contributed by atoms with Crippen LogP contribution in [0.4, 0.5) is 4.79 Å². The predicted molar refractivity (Wildman–Crippen MR) is 52.7 cm³/mol. The molecule has 0 radical (unpaired) electrons. The molecule has 4 nitrogen and oxygen atoms in total. The summed E-state index contributed by atoms with van der Waals surface area (Å²) in [6, 6.07) is 5.55. The van der Waals surface area contributed by atoms with Gasteiger partial charge in [-0.2, -0.15) is 0 Å². The first-order chi connectivity index (χ1) is 6.68. The zero-order chi connectivity index (χ0) is 10.4. The van der Waals surface area contributed by atoms with Gasteiger partial charge in [-0.05, 0) is 26.0 Å². The van der Waals surface area contributed by atoms with Crippen LogP contribution in [-0.4, -0.2) is 17.2 Å². The molecule has 1 aromatic rings. The average molecular weight is 194 g/mol. The van der Waals surface area contributed by atoms with Gasteiger partial charge >= 0.3 is 6.09 Å². The number of amides is 1. The molecule has 0 saturated carbocycles. The molecule has 0 spiro atoms. The van der Waals surface area contributed by atoms with Crippen LogP contribution in [0.2, 0.25) is 0 Å². The summed E-state index contributed by atoms with van der Waals surface area (Å²) >= 11 is 0. The molecule has 4 heteroatoms. The molecule has 1 aromatic heterocycles. The molecule has 0 fully saturated rings. The molecule has 1 N–H and O–H groups in total. The number of carbonyl (C=O) groups is 1. The second-order valence-corrected chi connectivity index (χ2v) is 3.13. The van der Waals surface area contributed by atoms with E-state index in [1.54, 1.807) is 20.0 Å². The number of pyridine rings is 1. The second-order valence-electron chi connectivity index (χ2n) is 3.13. The molecule has 0 atom stereocenters. The number of nitrogens with zero attached hydrogens (tertiary/aromatic N) is 1. The van der Waals surface area contributed by atoms with Crippen LogP contribution in [0.1, 0.15) is 19.5 Å². The van der Waals surface area contributed by atoms with Crippen molar-refractivity contribution in [1.29, 1.82) is 0 Å². The number of hydrogen-bond acceptors (Lipinski definition) is 3. The van der Waals surface area contributed by atoms with Crippen LogP contribution in [0, 0.1) is 0 Å². The lowest BCUT2D eigenvalue weighted by atomic mass is 10.3. The first-order valence-electron chi connectivity index (χ1n) is 4.53. The van der Waals surface area contributed by atoms with Crippen molar-refractivity contribution in [1.82, 2.24) is 10.3 Å². The maximum atomic E-state index is 11.1. The maximum Gasteiger partial charge on any atom is 0.407 e. The molecule has 0 aliphatic carbocycles. The van der Waals surface area contributed by atoms with E-state index in [2.05, 4.69) is 10.3 Å². The highest BCUT2D eigenvalue weighted by Crippen LogP contribution is 1.93. The van der Waals surface area contributed by atoms with E-state index in [4.69, 9.17) is 4.74 Å². The van der Waals surface area contributed by atoms with E-state index in [0.717, 1.165) is 5.69 Å². The number of rotatable bonds is 3. The van der Waals surface area contributed by atoms with Gasteiger partial charge in [0, 0.05) is 6.20 Å². The van der Waals surface area contributed by atoms with E-state index in [9.17, 15) is 4.79 Å². The molecular formula is C10H14N2O2. The van der Waals surface area contributed by atoms with E-state index in [-0.39, 0.29) is 6.10 Å². The van der Waals surface area contributed by atoms with Gasteiger partial charge < -0.3 is 10.1 Å². The van der Waals surface area contributed by atoms with E-state index >= 15 is 0 Å². The summed E-state index contributed by atoms with van der Waals surface area (Å²) in [6.07, 6.45) is 1.18. The minimum Gasteiger partial charge on any atom is -0.447 e. The zero-order valence-corrected chi connectivity index (χ0v) is 8.36. The Kier molecular flexibility index (Phi) is 3.91. The van der Waals surface area contributed by atoms with Gasteiger partial charge in [-0.25, -0.2) is 4.79 Å². The van der Waals surface area contributed by atoms with Gasteiger partial charge in [0.1, 0.15) is 0 Å². The molecule has 14 heavy (non-hydrogen) atoms. The van der Waals surface area contributed by atoms with E-state index < -0.39 is 6.09 Å². The molecule has 0 bridgehead atoms. The molecule has 1 rings (SSSR count). The van der Waals surface area contributed by atoms with Crippen LogP contribution in [0.25, 0.3) is 0 Å². The monoisotopic (exact) mass is 194 g/mol. The summed E-state index contributed by atoms with van der Waals surface area (Å²) < 4.78 is 4.89. The Bertz CT molecular complexity index is 285. The Balaban J connectivity index is 2.31. The van der Waals surface area contributed by atoms with Crippen LogP contribution in [-0.2, 0) is 11.3 Å². The van der Waals surface area contributed by atoms with Gasteiger partial charge in [-0.3, -0.25) is 4.98 Å². The van der Waals surface area contributed by atoms with Gasteiger partial charge in [-0.15, -0.1) is 0 Å². The van der Waals surface area contributed by atoms with Crippen molar-refractivity contribution < 1.29 is 9.53 Å². The molecule has 1 amide bonds. The normalized spacial score (nSPS) is 9.93. The highest BCUT2D eigenvalue weighted by atomic mass is 16.6. The van der Waals surface area contributed by atoms with Crippen LogP contribution in [0.3, 0.4) is 0 Å². The molecule has 1 heterocycles. The fraction of sp³-hybridized carbons (Fsp3) is 0.400. The minimum absolute atomic E-state index is 0.0984. The summed E-state index contributed by atoms with van der Waals surface area (Å²) in [5.74, 6) is 0. The lowest BCUT2D eigenvalue weighted by molar-refractivity contribution is 0.115. The summed E-state index contributed by atoms with van der Waals surface area (Å²) in [5, 5.41) is 2.61. The Morgan fingerprint density at radius 3 is 2.93 bits per heavy atom. The van der Waals surface area contributed by atoms with Gasteiger partial charge in [0.2, 0.25) is 0 Å². The summed E-state index contributed by atoms with van der Waals surface area (Å²) in [6.45, 7) is 4.01. The SMILES string of the molecule is CC(C)OC(=O)NCc1ccccn1. The Morgan fingerprint density at radius 2 is 2.36 bits per heavy atom. The highest BCUT2D eigenvalue weighted by molar-refractivity contribution is 5.67. The summed E-state index contributed by atoms with van der Waals surface area (Å²) in [4.78, 5) is 15.1.